The van der Waals surface area contributed by atoms with Crippen molar-refractivity contribution in [1.82, 2.24) is 5.32 Å². The number of anilines is 1. The molecule has 0 radical (unpaired) electrons. The van der Waals surface area contributed by atoms with Crippen molar-refractivity contribution in [2.24, 2.45) is 0 Å². The number of carbonyl (C=O) groups excluding carboxylic acids is 3. The van der Waals surface area contributed by atoms with E-state index < -0.39 is 30.3 Å². The van der Waals surface area contributed by atoms with E-state index >= 15 is 0 Å². The van der Waals surface area contributed by atoms with Crippen molar-refractivity contribution in [1.29, 1.82) is 0 Å². The van der Waals surface area contributed by atoms with E-state index in [1.165, 1.54) is 30.0 Å². The Hall–Kier alpha value is -3.22. The zero-order valence-corrected chi connectivity index (χ0v) is 15.1. The van der Waals surface area contributed by atoms with Gasteiger partial charge in [0.05, 0.1) is 5.56 Å². The first-order chi connectivity index (χ1) is 12.9. The Morgan fingerprint density at radius 1 is 1.07 bits per heavy atom. The second-order valence-electron chi connectivity index (χ2n) is 5.71. The van der Waals surface area contributed by atoms with Crippen LogP contribution in [-0.2, 0) is 14.3 Å². The first-order valence-electron chi connectivity index (χ1n) is 8.52. The standard InChI is InChI=1S/C20H21FN2O4/c1-3-23(15-9-5-4-6-10-15)20(26)14(2)27-18(24)13-22-19(25)16-11-7-8-12-17(16)21/h4-12,14H,3,13H2,1-2H3,(H,22,25)/t14-/m1/s1. The Bertz CT molecular complexity index is 811. The largest absolute Gasteiger partial charge is 0.451 e. The molecule has 0 aliphatic heterocycles. The number of hydrogen-bond donors (Lipinski definition) is 1. The number of halogens is 1. The van der Waals surface area contributed by atoms with Gasteiger partial charge in [-0.15, -0.1) is 0 Å². The van der Waals surface area contributed by atoms with Gasteiger partial charge in [-0.1, -0.05) is 30.3 Å². The highest BCUT2D eigenvalue weighted by Gasteiger charge is 2.24. The van der Waals surface area contributed by atoms with Crippen LogP contribution in [0.5, 0.6) is 0 Å². The van der Waals surface area contributed by atoms with E-state index in [1.54, 1.807) is 24.3 Å². The van der Waals surface area contributed by atoms with Crippen molar-refractivity contribution >= 4 is 23.5 Å². The Balaban J connectivity index is 1.90. The molecule has 0 bridgehead atoms. The molecule has 27 heavy (non-hydrogen) atoms. The van der Waals surface area contributed by atoms with Crippen LogP contribution in [0.3, 0.4) is 0 Å². The molecule has 0 unspecified atom stereocenters. The fourth-order valence-electron chi connectivity index (χ4n) is 2.48. The molecular formula is C20H21FN2O4. The fraction of sp³-hybridized carbons (Fsp3) is 0.250. The first kappa shape index (κ1) is 20.1. The molecule has 2 aromatic carbocycles. The zero-order valence-electron chi connectivity index (χ0n) is 15.1. The van der Waals surface area contributed by atoms with E-state index in [9.17, 15) is 18.8 Å². The Kier molecular flexibility index (Phi) is 7.05. The maximum absolute atomic E-state index is 13.5. The highest BCUT2D eigenvalue weighted by atomic mass is 19.1. The molecule has 142 valence electrons. The Labute approximate surface area is 156 Å². The van der Waals surface area contributed by atoms with Gasteiger partial charge in [0.15, 0.2) is 6.10 Å². The SMILES string of the molecule is CCN(C(=O)[C@@H](C)OC(=O)CNC(=O)c1ccccc1F)c1ccccc1. The number of amides is 2. The summed E-state index contributed by atoms with van der Waals surface area (Å²) in [5.41, 5.74) is 0.524. The van der Waals surface area contributed by atoms with Crippen LogP contribution in [0.2, 0.25) is 0 Å². The summed E-state index contributed by atoms with van der Waals surface area (Å²) >= 11 is 0. The van der Waals surface area contributed by atoms with Crippen LogP contribution in [0, 0.1) is 5.82 Å². The molecule has 1 N–H and O–H groups in total. The third kappa shape index (κ3) is 5.37. The fourth-order valence-corrected chi connectivity index (χ4v) is 2.48. The molecular weight excluding hydrogens is 351 g/mol. The smallest absolute Gasteiger partial charge is 0.326 e. The summed E-state index contributed by atoms with van der Waals surface area (Å²) in [6.07, 6.45) is -1.02. The molecule has 0 aromatic heterocycles. The zero-order chi connectivity index (χ0) is 19.8. The third-order valence-electron chi connectivity index (χ3n) is 3.82. The lowest BCUT2D eigenvalue weighted by Crippen LogP contribution is -2.41. The van der Waals surface area contributed by atoms with Gasteiger partial charge in [-0.05, 0) is 38.1 Å². The normalized spacial score (nSPS) is 11.4. The molecule has 0 heterocycles. The van der Waals surface area contributed by atoms with Gasteiger partial charge >= 0.3 is 5.97 Å². The van der Waals surface area contributed by atoms with Gasteiger partial charge in [0.1, 0.15) is 12.4 Å². The average Bonchev–Trinajstić information content (AvgIpc) is 2.67. The van der Waals surface area contributed by atoms with Crippen molar-refractivity contribution in [2.45, 2.75) is 20.0 Å². The van der Waals surface area contributed by atoms with Gasteiger partial charge in [0, 0.05) is 12.2 Å². The Morgan fingerprint density at radius 2 is 1.70 bits per heavy atom. The minimum absolute atomic E-state index is 0.171. The molecule has 1 atom stereocenters. The molecule has 7 heteroatoms. The highest BCUT2D eigenvalue weighted by molar-refractivity contribution is 5.98. The predicted octanol–water partition coefficient (Wildman–Crippen LogP) is 2.54. The molecule has 0 aliphatic rings. The van der Waals surface area contributed by atoms with E-state index in [-0.39, 0.29) is 11.5 Å². The van der Waals surface area contributed by atoms with Crippen LogP contribution in [0.1, 0.15) is 24.2 Å². The number of esters is 1. The minimum Gasteiger partial charge on any atom is -0.451 e. The van der Waals surface area contributed by atoms with E-state index in [2.05, 4.69) is 5.32 Å². The van der Waals surface area contributed by atoms with E-state index in [4.69, 9.17) is 4.74 Å². The lowest BCUT2D eigenvalue weighted by molar-refractivity contribution is -0.152. The number of hydrogen-bond acceptors (Lipinski definition) is 4. The van der Waals surface area contributed by atoms with Crippen molar-refractivity contribution in [3.05, 3.63) is 66.0 Å². The molecule has 0 saturated heterocycles. The molecule has 0 fully saturated rings. The first-order valence-corrected chi connectivity index (χ1v) is 8.52. The van der Waals surface area contributed by atoms with Gasteiger partial charge in [-0.3, -0.25) is 14.4 Å². The van der Waals surface area contributed by atoms with Crippen LogP contribution in [0.15, 0.2) is 54.6 Å². The molecule has 2 aromatic rings. The number of nitrogens with zero attached hydrogens (tertiary/aromatic N) is 1. The summed E-state index contributed by atoms with van der Waals surface area (Å²) in [5.74, 6) is -2.58. The van der Waals surface area contributed by atoms with Crippen LogP contribution in [0.25, 0.3) is 0 Å². The summed E-state index contributed by atoms with van der Waals surface area (Å²) in [7, 11) is 0. The lowest BCUT2D eigenvalue weighted by Gasteiger charge is -2.24. The topological polar surface area (TPSA) is 75.7 Å². The predicted molar refractivity (Wildman–Crippen MR) is 98.8 cm³/mol. The van der Waals surface area contributed by atoms with E-state index in [0.717, 1.165) is 6.07 Å². The summed E-state index contributed by atoms with van der Waals surface area (Å²) < 4.78 is 18.6. The highest BCUT2D eigenvalue weighted by Crippen LogP contribution is 2.15. The quantitative estimate of drug-likeness (QED) is 0.758. The number of benzene rings is 2. The molecule has 0 spiro atoms. The van der Waals surface area contributed by atoms with Gasteiger partial charge in [0.2, 0.25) is 0 Å². The van der Waals surface area contributed by atoms with Gasteiger partial charge in [-0.2, -0.15) is 0 Å². The monoisotopic (exact) mass is 372 g/mol. The number of carbonyl (C=O) groups is 3. The summed E-state index contributed by atoms with van der Waals surface area (Å²) in [6, 6.07) is 14.4. The molecule has 0 aliphatic carbocycles. The maximum atomic E-state index is 13.5. The van der Waals surface area contributed by atoms with Gasteiger partial charge in [0.25, 0.3) is 11.8 Å². The lowest BCUT2D eigenvalue weighted by atomic mass is 10.2. The summed E-state index contributed by atoms with van der Waals surface area (Å²) in [6.45, 7) is 3.22. The van der Waals surface area contributed by atoms with E-state index in [0.29, 0.717) is 12.2 Å². The summed E-state index contributed by atoms with van der Waals surface area (Å²) in [5, 5.41) is 2.28. The maximum Gasteiger partial charge on any atom is 0.326 e. The van der Waals surface area contributed by atoms with Crippen LogP contribution >= 0.6 is 0 Å². The number of likely N-dealkylation sites (N-methyl/N-ethyl adjacent to an activating group) is 1. The third-order valence-corrected chi connectivity index (χ3v) is 3.82. The molecule has 6 nitrogen and oxygen atoms in total. The minimum atomic E-state index is -1.02. The van der Waals surface area contributed by atoms with Crippen molar-refractivity contribution in [3.8, 4) is 0 Å². The van der Waals surface area contributed by atoms with Crippen molar-refractivity contribution in [3.63, 3.8) is 0 Å². The average molecular weight is 372 g/mol. The number of ether oxygens (including phenoxy) is 1. The second-order valence-corrected chi connectivity index (χ2v) is 5.71. The van der Waals surface area contributed by atoms with Crippen LogP contribution in [0.4, 0.5) is 10.1 Å². The van der Waals surface area contributed by atoms with Crippen LogP contribution in [-0.4, -0.2) is 37.0 Å². The number of rotatable bonds is 7. The van der Waals surface area contributed by atoms with Crippen molar-refractivity contribution < 1.29 is 23.5 Å². The van der Waals surface area contributed by atoms with E-state index in [1.807, 2.05) is 13.0 Å². The number of nitrogens with one attached hydrogen (secondary N) is 1. The second kappa shape index (κ2) is 9.47. The molecule has 2 amide bonds. The van der Waals surface area contributed by atoms with Gasteiger partial charge < -0.3 is 15.0 Å². The molecule has 2 rings (SSSR count). The van der Waals surface area contributed by atoms with Crippen molar-refractivity contribution in [2.75, 3.05) is 18.0 Å². The number of para-hydroxylation sites is 1. The van der Waals surface area contributed by atoms with Gasteiger partial charge in [-0.25, -0.2) is 4.39 Å². The molecule has 0 saturated carbocycles. The Morgan fingerprint density at radius 3 is 2.33 bits per heavy atom. The van der Waals surface area contributed by atoms with Crippen LogP contribution < -0.4 is 10.2 Å². The summed E-state index contributed by atoms with van der Waals surface area (Å²) in [4.78, 5) is 37.8.